The molecule has 0 bridgehead atoms. The van der Waals surface area contributed by atoms with E-state index in [2.05, 4.69) is 25.7 Å². The van der Waals surface area contributed by atoms with Crippen molar-refractivity contribution in [2.45, 2.75) is 13.5 Å². The topological polar surface area (TPSA) is 66.5 Å². The molecule has 0 unspecified atom stereocenters. The van der Waals surface area contributed by atoms with Crippen molar-refractivity contribution in [3.8, 4) is 0 Å². The van der Waals surface area contributed by atoms with Gasteiger partial charge in [-0.05, 0) is 25.1 Å². The Morgan fingerprint density at radius 2 is 2.21 bits per heavy atom. The van der Waals surface area contributed by atoms with Crippen molar-refractivity contribution >= 4 is 5.82 Å². The molecular weight excluding hydrogens is 178 g/mol. The number of hydrogen-bond donors (Lipinski definition) is 2. The van der Waals surface area contributed by atoms with Crippen molar-refractivity contribution in [2.24, 2.45) is 0 Å². The zero-order valence-corrected chi connectivity index (χ0v) is 7.86. The lowest BCUT2D eigenvalue weighted by atomic mass is 10.4. The minimum absolute atomic E-state index is 0.678. The van der Waals surface area contributed by atoms with Crippen LogP contribution in [0.4, 0.5) is 5.82 Å². The summed E-state index contributed by atoms with van der Waals surface area (Å²) in [4.78, 5) is 0. The number of anilines is 1. The van der Waals surface area contributed by atoms with Crippen molar-refractivity contribution in [1.82, 2.24) is 20.4 Å². The molecule has 72 valence electrons. The molecule has 0 aliphatic carbocycles. The van der Waals surface area contributed by atoms with Crippen molar-refractivity contribution in [1.29, 1.82) is 0 Å². The van der Waals surface area contributed by atoms with Gasteiger partial charge in [0.2, 0.25) is 0 Å². The normalized spacial score (nSPS) is 10.1. The molecule has 0 aliphatic heterocycles. The van der Waals surface area contributed by atoms with Crippen LogP contribution < -0.4 is 5.32 Å². The molecule has 2 aromatic heterocycles. The Morgan fingerprint density at radius 3 is 2.86 bits per heavy atom. The van der Waals surface area contributed by atoms with Crippen LogP contribution >= 0.6 is 0 Å². The highest BCUT2D eigenvalue weighted by Gasteiger charge is 1.95. The predicted molar refractivity (Wildman–Crippen MR) is 52.7 cm³/mol. The summed E-state index contributed by atoms with van der Waals surface area (Å²) in [5, 5.41) is 17.8. The standard InChI is InChI=1S/C9H11N5/c1-7-2-3-9(14-12-7)10-6-8-4-5-11-13-8/h2-5H,6H2,1H3,(H,10,14)(H,11,13). The van der Waals surface area contributed by atoms with Gasteiger partial charge in [-0.2, -0.15) is 10.2 Å². The Kier molecular flexibility index (Phi) is 2.40. The predicted octanol–water partition coefficient (Wildman–Crippen LogP) is 1.12. The molecular formula is C9H11N5. The Hall–Kier alpha value is -1.91. The Bertz CT molecular complexity index is 378. The number of aryl methyl sites for hydroxylation is 1. The molecule has 0 atom stereocenters. The van der Waals surface area contributed by atoms with Crippen LogP contribution in [0.3, 0.4) is 0 Å². The first-order valence-electron chi connectivity index (χ1n) is 4.37. The molecule has 0 saturated heterocycles. The molecule has 2 rings (SSSR count). The molecule has 2 N–H and O–H groups in total. The van der Waals surface area contributed by atoms with Gasteiger partial charge >= 0.3 is 0 Å². The highest BCUT2D eigenvalue weighted by Crippen LogP contribution is 2.02. The molecule has 14 heavy (non-hydrogen) atoms. The van der Waals surface area contributed by atoms with Gasteiger partial charge < -0.3 is 5.32 Å². The number of rotatable bonds is 3. The lowest BCUT2D eigenvalue weighted by Gasteiger charge is -2.02. The number of nitrogens with one attached hydrogen (secondary N) is 2. The smallest absolute Gasteiger partial charge is 0.148 e. The Labute approximate surface area is 81.6 Å². The van der Waals surface area contributed by atoms with E-state index in [4.69, 9.17) is 0 Å². The van der Waals surface area contributed by atoms with Crippen LogP contribution in [-0.2, 0) is 6.54 Å². The molecule has 0 amide bonds. The maximum atomic E-state index is 3.98. The van der Waals surface area contributed by atoms with Crippen molar-refractivity contribution < 1.29 is 0 Å². The van der Waals surface area contributed by atoms with E-state index in [9.17, 15) is 0 Å². The lowest BCUT2D eigenvalue weighted by molar-refractivity contribution is 0.937. The van der Waals surface area contributed by atoms with Crippen LogP contribution in [0, 0.1) is 6.92 Å². The number of H-pyrrole nitrogens is 1. The average Bonchev–Trinajstić information content (AvgIpc) is 2.70. The zero-order valence-electron chi connectivity index (χ0n) is 7.86. The van der Waals surface area contributed by atoms with Crippen LogP contribution in [0.5, 0.6) is 0 Å². The highest BCUT2D eigenvalue weighted by atomic mass is 15.2. The van der Waals surface area contributed by atoms with Gasteiger partial charge in [0.25, 0.3) is 0 Å². The average molecular weight is 189 g/mol. The molecule has 5 heteroatoms. The van der Waals surface area contributed by atoms with Crippen molar-refractivity contribution in [3.63, 3.8) is 0 Å². The number of nitrogens with zero attached hydrogens (tertiary/aromatic N) is 3. The van der Waals surface area contributed by atoms with E-state index in [-0.39, 0.29) is 0 Å². The van der Waals surface area contributed by atoms with Crippen LogP contribution in [-0.4, -0.2) is 20.4 Å². The molecule has 2 heterocycles. The van der Waals surface area contributed by atoms with Crippen molar-refractivity contribution in [2.75, 3.05) is 5.32 Å². The molecule has 0 saturated carbocycles. The maximum Gasteiger partial charge on any atom is 0.148 e. The van der Waals surface area contributed by atoms with E-state index in [1.807, 2.05) is 25.1 Å². The second kappa shape index (κ2) is 3.87. The first kappa shape index (κ1) is 8.68. The number of hydrogen-bond acceptors (Lipinski definition) is 4. The van der Waals surface area contributed by atoms with Gasteiger partial charge in [-0.3, -0.25) is 5.10 Å². The summed E-state index contributed by atoms with van der Waals surface area (Å²) in [5.74, 6) is 0.769. The Morgan fingerprint density at radius 1 is 1.29 bits per heavy atom. The SMILES string of the molecule is Cc1ccc(NCc2ccn[nH]2)nn1. The summed E-state index contributed by atoms with van der Waals surface area (Å²) in [5.41, 5.74) is 1.93. The number of aromatic nitrogens is 4. The summed E-state index contributed by atoms with van der Waals surface area (Å²) in [6.07, 6.45) is 1.72. The minimum atomic E-state index is 0.678. The Balaban J connectivity index is 1.95. The van der Waals surface area contributed by atoms with E-state index in [1.54, 1.807) is 6.20 Å². The van der Waals surface area contributed by atoms with Crippen molar-refractivity contribution in [3.05, 3.63) is 35.8 Å². The molecule has 0 spiro atoms. The van der Waals surface area contributed by atoms with Gasteiger partial charge in [0.15, 0.2) is 0 Å². The van der Waals surface area contributed by atoms with Crippen LogP contribution in [0.25, 0.3) is 0 Å². The van der Waals surface area contributed by atoms with Crippen LogP contribution in [0.1, 0.15) is 11.4 Å². The summed E-state index contributed by atoms with van der Waals surface area (Å²) < 4.78 is 0. The minimum Gasteiger partial charge on any atom is -0.363 e. The summed E-state index contributed by atoms with van der Waals surface area (Å²) >= 11 is 0. The second-order valence-electron chi connectivity index (χ2n) is 3.00. The maximum absolute atomic E-state index is 3.98. The second-order valence-corrected chi connectivity index (χ2v) is 3.00. The molecule has 2 aromatic rings. The summed E-state index contributed by atoms with van der Waals surface area (Å²) in [6, 6.07) is 5.73. The third kappa shape index (κ3) is 2.07. The van der Waals surface area contributed by atoms with E-state index >= 15 is 0 Å². The van der Waals surface area contributed by atoms with E-state index < -0.39 is 0 Å². The van der Waals surface area contributed by atoms with Gasteiger partial charge in [-0.25, -0.2) is 0 Å². The van der Waals surface area contributed by atoms with Crippen LogP contribution in [0.15, 0.2) is 24.4 Å². The van der Waals surface area contributed by atoms with Gasteiger partial charge in [0.05, 0.1) is 17.9 Å². The zero-order chi connectivity index (χ0) is 9.80. The van der Waals surface area contributed by atoms with E-state index in [0.29, 0.717) is 6.54 Å². The number of aromatic amines is 1. The van der Waals surface area contributed by atoms with Gasteiger partial charge in [-0.1, -0.05) is 0 Å². The molecule has 0 fully saturated rings. The third-order valence-corrected chi connectivity index (χ3v) is 1.82. The monoisotopic (exact) mass is 189 g/mol. The summed E-state index contributed by atoms with van der Waals surface area (Å²) in [7, 11) is 0. The summed E-state index contributed by atoms with van der Waals surface area (Å²) in [6.45, 7) is 2.59. The fourth-order valence-electron chi connectivity index (χ4n) is 1.06. The molecule has 5 nitrogen and oxygen atoms in total. The third-order valence-electron chi connectivity index (χ3n) is 1.82. The largest absolute Gasteiger partial charge is 0.363 e. The quantitative estimate of drug-likeness (QED) is 0.759. The van der Waals surface area contributed by atoms with Crippen LogP contribution in [0.2, 0.25) is 0 Å². The highest BCUT2D eigenvalue weighted by molar-refractivity contribution is 5.33. The first-order chi connectivity index (χ1) is 6.84. The van der Waals surface area contributed by atoms with Gasteiger partial charge in [0, 0.05) is 6.20 Å². The molecule has 0 aromatic carbocycles. The first-order valence-corrected chi connectivity index (χ1v) is 4.37. The fourth-order valence-corrected chi connectivity index (χ4v) is 1.06. The lowest BCUT2D eigenvalue weighted by Crippen LogP contribution is -2.02. The molecule has 0 aliphatic rings. The molecule has 0 radical (unpaired) electrons. The fraction of sp³-hybridized carbons (Fsp3) is 0.222. The van der Waals surface area contributed by atoms with E-state index in [0.717, 1.165) is 17.2 Å². The van der Waals surface area contributed by atoms with Gasteiger partial charge in [0.1, 0.15) is 5.82 Å². The van der Waals surface area contributed by atoms with E-state index in [1.165, 1.54) is 0 Å². The van der Waals surface area contributed by atoms with Gasteiger partial charge in [-0.15, -0.1) is 5.10 Å².